The minimum Gasteiger partial charge on any atom is -0.481 e. The Morgan fingerprint density at radius 3 is 2.44 bits per heavy atom. The third kappa shape index (κ3) is 3.33. The smallest absolute Gasteiger partial charge is 0.305 e. The van der Waals surface area contributed by atoms with Crippen LogP contribution in [0.5, 0.6) is 0 Å². The third-order valence-electron chi connectivity index (χ3n) is 3.40. The van der Waals surface area contributed by atoms with Gasteiger partial charge in [0.25, 0.3) is 0 Å². The maximum Gasteiger partial charge on any atom is 0.305 e. The van der Waals surface area contributed by atoms with E-state index in [-0.39, 0.29) is 6.42 Å². The average Bonchev–Trinajstić information content (AvgIpc) is 2.29. The van der Waals surface area contributed by atoms with Crippen LogP contribution in [0.2, 0.25) is 0 Å². The first-order chi connectivity index (χ1) is 8.43. The summed E-state index contributed by atoms with van der Waals surface area (Å²) in [4.78, 5) is 13.4. The van der Waals surface area contributed by atoms with Crippen molar-refractivity contribution in [2.45, 2.75) is 32.7 Å². The first-order valence-electron chi connectivity index (χ1n) is 6.17. The van der Waals surface area contributed by atoms with Crippen LogP contribution in [0.1, 0.15) is 32.8 Å². The Morgan fingerprint density at radius 1 is 1.39 bits per heavy atom. The molecule has 0 spiro atoms. The first-order valence-corrected chi connectivity index (χ1v) is 6.96. The van der Waals surface area contributed by atoms with Crippen molar-refractivity contribution >= 4 is 21.9 Å². The quantitative estimate of drug-likeness (QED) is 0.874. The van der Waals surface area contributed by atoms with Crippen LogP contribution in [0, 0.1) is 0 Å². The number of rotatable bonds is 6. The Hall–Kier alpha value is -0.870. The number of hydrogen-bond acceptors (Lipinski definition) is 2. The van der Waals surface area contributed by atoms with E-state index in [2.05, 4.69) is 34.7 Å². The van der Waals surface area contributed by atoms with Crippen LogP contribution in [0.3, 0.4) is 0 Å². The molecule has 0 bridgehead atoms. The zero-order valence-electron chi connectivity index (χ0n) is 11.1. The van der Waals surface area contributed by atoms with E-state index in [1.54, 1.807) is 0 Å². The van der Waals surface area contributed by atoms with E-state index >= 15 is 0 Å². The summed E-state index contributed by atoms with van der Waals surface area (Å²) in [5.74, 6) is -0.774. The molecule has 0 fully saturated rings. The summed E-state index contributed by atoms with van der Waals surface area (Å²) in [6, 6.07) is 7.89. The van der Waals surface area contributed by atoms with Gasteiger partial charge in [0.1, 0.15) is 0 Å². The molecule has 1 rings (SSSR count). The van der Waals surface area contributed by atoms with Gasteiger partial charge in [-0.3, -0.25) is 9.69 Å². The molecule has 0 saturated heterocycles. The highest BCUT2D eigenvalue weighted by Gasteiger charge is 2.34. The van der Waals surface area contributed by atoms with Crippen molar-refractivity contribution in [3.8, 4) is 0 Å². The first kappa shape index (κ1) is 15.2. The fourth-order valence-electron chi connectivity index (χ4n) is 2.44. The second-order valence-electron chi connectivity index (χ2n) is 4.53. The van der Waals surface area contributed by atoms with Crippen LogP contribution in [-0.4, -0.2) is 29.1 Å². The minimum absolute atomic E-state index is 0.102. The number of benzene rings is 1. The molecule has 0 aromatic heterocycles. The highest BCUT2D eigenvalue weighted by atomic mass is 79.9. The Labute approximate surface area is 117 Å². The third-order valence-corrected chi connectivity index (χ3v) is 3.90. The summed E-state index contributed by atoms with van der Waals surface area (Å²) in [5, 5.41) is 9.18. The second-order valence-corrected chi connectivity index (χ2v) is 5.44. The van der Waals surface area contributed by atoms with Crippen molar-refractivity contribution < 1.29 is 9.90 Å². The lowest BCUT2D eigenvalue weighted by atomic mass is 9.86. The number of aliphatic carboxylic acids is 1. The van der Waals surface area contributed by atoms with Crippen LogP contribution in [0.15, 0.2) is 28.7 Å². The average molecular weight is 314 g/mol. The van der Waals surface area contributed by atoms with Crippen LogP contribution in [0.4, 0.5) is 0 Å². The molecular formula is C14H20BrNO2. The molecule has 1 unspecified atom stereocenters. The normalized spacial score (nSPS) is 14.5. The highest BCUT2D eigenvalue weighted by Crippen LogP contribution is 2.33. The van der Waals surface area contributed by atoms with Gasteiger partial charge in [-0.2, -0.15) is 0 Å². The SMILES string of the molecule is CCN(CC)C(C)(CC(=O)O)c1cccc(Br)c1. The monoisotopic (exact) mass is 313 g/mol. The summed E-state index contributed by atoms with van der Waals surface area (Å²) >= 11 is 3.45. The molecule has 1 atom stereocenters. The van der Waals surface area contributed by atoms with Crippen molar-refractivity contribution in [3.63, 3.8) is 0 Å². The van der Waals surface area contributed by atoms with Gasteiger partial charge in [-0.05, 0) is 37.7 Å². The van der Waals surface area contributed by atoms with E-state index in [1.165, 1.54) is 0 Å². The number of carboxylic acid groups (broad SMARTS) is 1. The molecule has 0 heterocycles. The number of carboxylic acids is 1. The van der Waals surface area contributed by atoms with Crippen LogP contribution in [-0.2, 0) is 10.3 Å². The highest BCUT2D eigenvalue weighted by molar-refractivity contribution is 9.10. The molecule has 0 aliphatic rings. The van der Waals surface area contributed by atoms with Crippen molar-refractivity contribution in [3.05, 3.63) is 34.3 Å². The van der Waals surface area contributed by atoms with Gasteiger partial charge < -0.3 is 5.11 Å². The van der Waals surface area contributed by atoms with Crippen LogP contribution < -0.4 is 0 Å². The molecule has 1 aromatic rings. The number of nitrogens with zero attached hydrogens (tertiary/aromatic N) is 1. The molecule has 0 aliphatic carbocycles. The van der Waals surface area contributed by atoms with Crippen LogP contribution in [0.25, 0.3) is 0 Å². The van der Waals surface area contributed by atoms with Crippen LogP contribution >= 0.6 is 15.9 Å². The molecule has 1 N–H and O–H groups in total. The van der Waals surface area contributed by atoms with E-state index < -0.39 is 11.5 Å². The van der Waals surface area contributed by atoms with Gasteiger partial charge in [0.2, 0.25) is 0 Å². The Morgan fingerprint density at radius 2 is 2.00 bits per heavy atom. The molecule has 1 aromatic carbocycles. The van der Waals surface area contributed by atoms with E-state index in [4.69, 9.17) is 0 Å². The molecule has 0 amide bonds. The van der Waals surface area contributed by atoms with E-state index in [1.807, 2.05) is 31.2 Å². The van der Waals surface area contributed by atoms with Gasteiger partial charge in [0.15, 0.2) is 0 Å². The van der Waals surface area contributed by atoms with Gasteiger partial charge in [0, 0.05) is 4.47 Å². The molecule has 18 heavy (non-hydrogen) atoms. The molecule has 0 saturated carbocycles. The van der Waals surface area contributed by atoms with Crippen molar-refractivity contribution in [1.29, 1.82) is 0 Å². The lowest BCUT2D eigenvalue weighted by Gasteiger charge is -2.40. The maximum absolute atomic E-state index is 11.2. The number of carbonyl (C=O) groups is 1. The molecule has 100 valence electrons. The molecule has 4 heteroatoms. The summed E-state index contributed by atoms with van der Waals surface area (Å²) in [5.41, 5.74) is 0.557. The largest absolute Gasteiger partial charge is 0.481 e. The van der Waals surface area contributed by atoms with Gasteiger partial charge in [-0.1, -0.05) is 41.9 Å². The second kappa shape index (κ2) is 6.34. The molecule has 3 nitrogen and oxygen atoms in total. The zero-order chi connectivity index (χ0) is 13.8. The molecule has 0 aliphatic heterocycles. The van der Waals surface area contributed by atoms with E-state index in [0.717, 1.165) is 23.1 Å². The predicted octanol–water partition coefficient (Wildman–Crippen LogP) is 3.48. The van der Waals surface area contributed by atoms with Crippen molar-refractivity contribution in [2.24, 2.45) is 0 Å². The van der Waals surface area contributed by atoms with E-state index in [0.29, 0.717) is 0 Å². The molecular weight excluding hydrogens is 294 g/mol. The summed E-state index contributed by atoms with van der Waals surface area (Å²) in [6.07, 6.45) is 0.102. The van der Waals surface area contributed by atoms with Crippen molar-refractivity contribution in [1.82, 2.24) is 4.90 Å². The van der Waals surface area contributed by atoms with Gasteiger partial charge in [-0.25, -0.2) is 0 Å². The standard InChI is InChI=1S/C14H20BrNO2/c1-4-16(5-2)14(3,10-13(17)18)11-7-6-8-12(15)9-11/h6-9H,4-5,10H2,1-3H3,(H,17,18). The van der Waals surface area contributed by atoms with Gasteiger partial charge in [0.05, 0.1) is 12.0 Å². The Balaban J connectivity index is 3.22. The topological polar surface area (TPSA) is 40.5 Å². The zero-order valence-corrected chi connectivity index (χ0v) is 12.7. The Kier molecular flexibility index (Phi) is 5.35. The van der Waals surface area contributed by atoms with Gasteiger partial charge in [-0.15, -0.1) is 0 Å². The van der Waals surface area contributed by atoms with Crippen molar-refractivity contribution in [2.75, 3.05) is 13.1 Å². The summed E-state index contributed by atoms with van der Waals surface area (Å²) in [7, 11) is 0. The summed E-state index contributed by atoms with van der Waals surface area (Å²) in [6.45, 7) is 7.76. The van der Waals surface area contributed by atoms with E-state index in [9.17, 15) is 9.90 Å². The number of halogens is 1. The summed E-state index contributed by atoms with van der Waals surface area (Å²) < 4.78 is 0.976. The fourth-order valence-corrected chi connectivity index (χ4v) is 2.84. The number of hydrogen-bond donors (Lipinski definition) is 1. The maximum atomic E-state index is 11.2. The lowest BCUT2D eigenvalue weighted by molar-refractivity contribution is -0.140. The predicted molar refractivity (Wildman–Crippen MR) is 76.7 cm³/mol. The minimum atomic E-state index is -0.774. The fraction of sp³-hybridized carbons (Fsp3) is 0.500. The Bertz CT molecular complexity index is 418. The lowest BCUT2D eigenvalue weighted by Crippen LogP contribution is -2.45. The molecule has 0 radical (unpaired) electrons. The van der Waals surface area contributed by atoms with Gasteiger partial charge >= 0.3 is 5.97 Å².